The van der Waals surface area contributed by atoms with Crippen LogP contribution in [-0.4, -0.2) is 93.8 Å². The van der Waals surface area contributed by atoms with Crippen LogP contribution < -0.4 is 19.7 Å². The first kappa shape index (κ1) is 27.3. The van der Waals surface area contributed by atoms with Crippen molar-refractivity contribution >= 4 is 23.4 Å². The number of rotatable bonds is 10. The number of hydrogen-bond donors (Lipinski definition) is 1. The molecule has 0 radical (unpaired) electrons. The lowest BCUT2D eigenvalue weighted by Gasteiger charge is -2.43. The Labute approximate surface area is 223 Å². The van der Waals surface area contributed by atoms with E-state index in [1.807, 2.05) is 30.3 Å². The number of carbonyl (C=O) groups is 3. The molecule has 2 saturated heterocycles. The molecule has 0 aliphatic carbocycles. The van der Waals surface area contributed by atoms with Crippen molar-refractivity contribution in [1.29, 1.82) is 0 Å². The molecule has 1 spiro atoms. The maximum Gasteiger partial charge on any atom is 0.257 e. The molecule has 10 nitrogen and oxygen atoms in total. The highest BCUT2D eigenvalue weighted by molar-refractivity contribution is 5.99. The normalized spacial score (nSPS) is 16.6. The maximum atomic E-state index is 13.8. The summed E-state index contributed by atoms with van der Waals surface area (Å²) < 4.78 is 15.7. The van der Waals surface area contributed by atoms with Crippen LogP contribution in [0.3, 0.4) is 0 Å². The van der Waals surface area contributed by atoms with E-state index in [1.165, 1.54) is 7.11 Å². The minimum Gasteiger partial charge on any atom is -0.497 e. The van der Waals surface area contributed by atoms with E-state index in [0.29, 0.717) is 69.2 Å². The molecule has 2 aliphatic rings. The largest absolute Gasteiger partial charge is 0.497 e. The van der Waals surface area contributed by atoms with E-state index in [4.69, 9.17) is 14.2 Å². The van der Waals surface area contributed by atoms with Gasteiger partial charge in [-0.15, -0.1) is 0 Å². The summed E-state index contributed by atoms with van der Waals surface area (Å²) in [5, 5.41) is 2.86. The number of amides is 3. The zero-order valence-electron chi connectivity index (χ0n) is 22.3. The minimum atomic E-state index is -0.821. The topological polar surface area (TPSA) is 101 Å². The van der Waals surface area contributed by atoms with Gasteiger partial charge in [0.1, 0.15) is 23.6 Å². The molecule has 2 fully saturated rings. The van der Waals surface area contributed by atoms with Crippen LogP contribution >= 0.6 is 0 Å². The van der Waals surface area contributed by atoms with Crippen molar-refractivity contribution in [1.82, 2.24) is 15.1 Å². The van der Waals surface area contributed by atoms with Gasteiger partial charge in [-0.3, -0.25) is 14.4 Å². The Morgan fingerprint density at radius 2 is 1.74 bits per heavy atom. The van der Waals surface area contributed by atoms with E-state index >= 15 is 0 Å². The zero-order chi connectivity index (χ0) is 27.1. The van der Waals surface area contributed by atoms with Gasteiger partial charge in [0, 0.05) is 45.1 Å². The first-order valence-corrected chi connectivity index (χ1v) is 12.8. The average Bonchev–Trinajstić information content (AvgIpc) is 3.21. The third-order valence-electron chi connectivity index (χ3n) is 7.28. The first-order chi connectivity index (χ1) is 18.4. The standard InChI is InChI=1S/C28H36N4O6/c1-36-17-7-14-29-25(33)19-31-20-32(21-8-5-4-6-9-21)28(27(31)35)12-15-30(16-13-28)26(34)23-11-10-22(37-2)18-24(23)38-3/h4-6,8-11,18H,7,12-17,19-20H2,1-3H3,(H,29,33). The average molecular weight is 525 g/mol. The van der Waals surface area contributed by atoms with Crippen molar-refractivity contribution in [2.75, 3.05) is 65.7 Å². The van der Waals surface area contributed by atoms with Crippen molar-refractivity contribution in [3.8, 4) is 11.5 Å². The highest BCUT2D eigenvalue weighted by Gasteiger charge is 2.54. The van der Waals surface area contributed by atoms with Gasteiger partial charge in [0.2, 0.25) is 5.91 Å². The number of methoxy groups -OCH3 is 3. The van der Waals surface area contributed by atoms with Gasteiger partial charge >= 0.3 is 0 Å². The lowest BCUT2D eigenvalue weighted by atomic mass is 9.85. The second-order valence-electron chi connectivity index (χ2n) is 9.49. The Morgan fingerprint density at radius 1 is 1.00 bits per heavy atom. The van der Waals surface area contributed by atoms with Gasteiger partial charge in [0.25, 0.3) is 11.8 Å². The molecule has 3 amide bonds. The van der Waals surface area contributed by atoms with E-state index in [-0.39, 0.29) is 24.3 Å². The fraction of sp³-hybridized carbons (Fsp3) is 0.464. The summed E-state index contributed by atoms with van der Waals surface area (Å²) >= 11 is 0. The van der Waals surface area contributed by atoms with Crippen LogP contribution in [0.25, 0.3) is 0 Å². The van der Waals surface area contributed by atoms with Crippen molar-refractivity contribution in [3.05, 3.63) is 54.1 Å². The van der Waals surface area contributed by atoms with Crippen LogP contribution in [0.2, 0.25) is 0 Å². The number of nitrogens with zero attached hydrogens (tertiary/aromatic N) is 3. The number of carbonyl (C=O) groups excluding carboxylic acids is 3. The third kappa shape index (κ3) is 5.55. The Hall–Kier alpha value is -3.79. The predicted octanol–water partition coefficient (Wildman–Crippen LogP) is 2.14. The SMILES string of the molecule is COCCCNC(=O)CN1CN(c2ccccc2)C2(CCN(C(=O)c3ccc(OC)cc3OC)CC2)C1=O. The highest BCUT2D eigenvalue weighted by atomic mass is 16.5. The Bertz CT molecular complexity index is 1130. The van der Waals surface area contributed by atoms with Crippen LogP contribution in [0.1, 0.15) is 29.6 Å². The van der Waals surface area contributed by atoms with Crippen molar-refractivity contribution < 1.29 is 28.6 Å². The van der Waals surface area contributed by atoms with Gasteiger partial charge in [0.05, 0.1) is 26.5 Å². The summed E-state index contributed by atoms with van der Waals surface area (Å²) in [5.74, 6) is 0.624. The van der Waals surface area contributed by atoms with Gasteiger partial charge in [-0.2, -0.15) is 0 Å². The summed E-state index contributed by atoms with van der Waals surface area (Å²) in [4.78, 5) is 45.3. The molecule has 204 valence electrons. The van der Waals surface area contributed by atoms with Crippen LogP contribution in [0.15, 0.2) is 48.5 Å². The Balaban J connectivity index is 1.50. The molecule has 2 aromatic rings. The van der Waals surface area contributed by atoms with Gasteiger partial charge in [0.15, 0.2) is 0 Å². The van der Waals surface area contributed by atoms with Gasteiger partial charge < -0.3 is 34.2 Å². The number of anilines is 1. The molecule has 2 aromatic carbocycles. The van der Waals surface area contributed by atoms with Crippen molar-refractivity contribution in [2.45, 2.75) is 24.8 Å². The van der Waals surface area contributed by atoms with Gasteiger partial charge in [-0.05, 0) is 43.5 Å². The van der Waals surface area contributed by atoms with Gasteiger partial charge in [-0.1, -0.05) is 18.2 Å². The van der Waals surface area contributed by atoms with Crippen molar-refractivity contribution in [3.63, 3.8) is 0 Å². The molecule has 4 rings (SSSR count). The lowest BCUT2D eigenvalue weighted by Crippen LogP contribution is -2.57. The molecule has 0 atom stereocenters. The maximum absolute atomic E-state index is 13.8. The van der Waals surface area contributed by atoms with Crippen LogP contribution in [0, 0.1) is 0 Å². The summed E-state index contributed by atoms with van der Waals surface area (Å²) in [5.41, 5.74) is 0.549. The van der Waals surface area contributed by atoms with Crippen LogP contribution in [-0.2, 0) is 14.3 Å². The Morgan fingerprint density at radius 3 is 2.39 bits per heavy atom. The number of likely N-dealkylation sites (tertiary alicyclic amines) is 1. The van der Waals surface area contributed by atoms with E-state index in [1.54, 1.807) is 42.2 Å². The fourth-order valence-corrected chi connectivity index (χ4v) is 5.22. The summed E-state index contributed by atoms with van der Waals surface area (Å²) in [6.07, 6.45) is 1.62. The van der Waals surface area contributed by atoms with E-state index in [0.717, 1.165) is 5.69 Å². The molecule has 0 unspecified atom stereocenters. The molecule has 0 saturated carbocycles. The summed E-state index contributed by atoms with van der Waals surface area (Å²) in [6.45, 7) is 2.16. The number of para-hydroxylation sites is 1. The van der Waals surface area contributed by atoms with E-state index in [9.17, 15) is 14.4 Å². The minimum absolute atomic E-state index is 0.0113. The molecular formula is C28H36N4O6. The monoisotopic (exact) mass is 524 g/mol. The number of ether oxygens (including phenoxy) is 3. The molecule has 1 N–H and O–H groups in total. The molecule has 2 heterocycles. The molecule has 2 aliphatic heterocycles. The molecule has 0 aromatic heterocycles. The number of hydrogen-bond acceptors (Lipinski definition) is 7. The fourth-order valence-electron chi connectivity index (χ4n) is 5.22. The molecule has 10 heteroatoms. The quantitative estimate of drug-likeness (QED) is 0.476. The second kappa shape index (κ2) is 12.2. The Kier molecular flexibility index (Phi) is 8.73. The number of nitrogens with one attached hydrogen (secondary N) is 1. The molecule has 38 heavy (non-hydrogen) atoms. The third-order valence-corrected chi connectivity index (χ3v) is 7.28. The molecule has 0 bridgehead atoms. The predicted molar refractivity (Wildman–Crippen MR) is 142 cm³/mol. The second-order valence-corrected chi connectivity index (χ2v) is 9.49. The van der Waals surface area contributed by atoms with E-state index in [2.05, 4.69) is 10.2 Å². The van der Waals surface area contributed by atoms with Gasteiger partial charge in [-0.25, -0.2) is 0 Å². The van der Waals surface area contributed by atoms with Crippen LogP contribution in [0.4, 0.5) is 5.69 Å². The van der Waals surface area contributed by atoms with E-state index < -0.39 is 5.54 Å². The number of benzene rings is 2. The lowest BCUT2D eigenvalue weighted by molar-refractivity contribution is -0.137. The van der Waals surface area contributed by atoms with Crippen molar-refractivity contribution in [2.24, 2.45) is 0 Å². The summed E-state index contributed by atoms with van der Waals surface area (Å²) in [7, 11) is 4.70. The molecular weight excluding hydrogens is 488 g/mol. The summed E-state index contributed by atoms with van der Waals surface area (Å²) in [6, 6.07) is 14.9. The zero-order valence-corrected chi connectivity index (χ0v) is 22.3. The smallest absolute Gasteiger partial charge is 0.257 e. The first-order valence-electron chi connectivity index (χ1n) is 12.8. The van der Waals surface area contributed by atoms with Crippen LogP contribution in [0.5, 0.6) is 11.5 Å². The number of piperidine rings is 1. The highest BCUT2D eigenvalue weighted by Crippen LogP contribution is 2.40.